The van der Waals surface area contributed by atoms with Crippen LogP contribution in [-0.4, -0.2) is 31.9 Å². The number of hydrogen-bond donors (Lipinski definition) is 2. The van der Waals surface area contributed by atoms with Crippen LogP contribution in [0.5, 0.6) is 11.5 Å². The van der Waals surface area contributed by atoms with Crippen LogP contribution in [0.3, 0.4) is 0 Å². The molecule has 0 aromatic heterocycles. The van der Waals surface area contributed by atoms with E-state index in [4.69, 9.17) is 20.3 Å². The molecule has 1 aromatic carbocycles. The lowest BCUT2D eigenvalue weighted by molar-refractivity contribution is -0.0719. The summed E-state index contributed by atoms with van der Waals surface area (Å²) in [6.07, 6.45) is 0. The molecule has 0 aliphatic rings. The van der Waals surface area contributed by atoms with Crippen LogP contribution in [0.1, 0.15) is 17.2 Å². The summed E-state index contributed by atoms with van der Waals surface area (Å²) in [5, 5.41) is 8.70. The highest BCUT2D eigenvalue weighted by Crippen LogP contribution is 2.40. The predicted octanol–water partition coefficient (Wildman–Crippen LogP) is 2.06. The van der Waals surface area contributed by atoms with Gasteiger partial charge in [-0.15, -0.1) is 12.4 Å². The minimum absolute atomic E-state index is 0. The van der Waals surface area contributed by atoms with Crippen LogP contribution in [0.15, 0.2) is 12.1 Å². The van der Waals surface area contributed by atoms with E-state index in [1.54, 1.807) is 19.1 Å². The number of rotatable bonds is 5. The lowest BCUT2D eigenvalue weighted by Crippen LogP contribution is -2.36. The summed E-state index contributed by atoms with van der Waals surface area (Å²) in [5.41, 5.74) is 6.36. The number of methoxy groups -OCH3 is 2. The Morgan fingerprint density at radius 3 is 2.00 bits per heavy atom. The lowest BCUT2D eigenvalue weighted by atomic mass is 9.98. The number of halogens is 3. The summed E-state index contributed by atoms with van der Waals surface area (Å²) in [7, 11) is 2.73. The maximum Gasteiger partial charge on any atom is 0.289 e. The Kier molecular flexibility index (Phi) is 6.48. The Labute approximate surface area is 116 Å². The Hall–Kier alpha value is -1.11. The molecule has 0 spiro atoms. The van der Waals surface area contributed by atoms with Gasteiger partial charge in [0.1, 0.15) is 24.1 Å². The number of nitrogens with two attached hydrogens (primary N) is 1. The number of benzene rings is 1. The van der Waals surface area contributed by atoms with Gasteiger partial charge in [-0.25, -0.2) is 8.78 Å². The van der Waals surface area contributed by atoms with Gasteiger partial charge in [-0.2, -0.15) is 0 Å². The molecule has 7 heteroatoms. The molecule has 0 saturated heterocycles. The van der Waals surface area contributed by atoms with E-state index in [1.807, 2.05) is 0 Å². The second kappa shape index (κ2) is 6.88. The summed E-state index contributed by atoms with van der Waals surface area (Å²) in [4.78, 5) is 0. The molecule has 0 bridgehead atoms. The highest BCUT2D eigenvalue weighted by Gasteiger charge is 2.40. The molecular weight excluding hydrogens is 280 g/mol. The molecule has 0 saturated carbocycles. The zero-order valence-corrected chi connectivity index (χ0v) is 11.8. The van der Waals surface area contributed by atoms with Gasteiger partial charge in [-0.1, -0.05) is 0 Å². The van der Waals surface area contributed by atoms with Gasteiger partial charge in [-0.05, 0) is 24.6 Å². The molecule has 0 amide bonds. The zero-order chi connectivity index (χ0) is 13.9. The van der Waals surface area contributed by atoms with Gasteiger partial charge in [0.2, 0.25) is 0 Å². The Morgan fingerprint density at radius 1 is 1.26 bits per heavy atom. The van der Waals surface area contributed by atoms with Gasteiger partial charge >= 0.3 is 0 Å². The third kappa shape index (κ3) is 3.68. The molecule has 0 heterocycles. The summed E-state index contributed by atoms with van der Waals surface area (Å²) in [6.45, 7) is 0.443. The van der Waals surface area contributed by atoms with Crippen LogP contribution in [0.2, 0.25) is 0 Å². The summed E-state index contributed by atoms with van der Waals surface area (Å²) < 4.78 is 37.1. The first-order valence-electron chi connectivity index (χ1n) is 5.34. The molecular formula is C12H18ClF2NO3. The van der Waals surface area contributed by atoms with Crippen molar-refractivity contribution in [1.29, 1.82) is 0 Å². The van der Waals surface area contributed by atoms with Crippen LogP contribution in [0, 0.1) is 6.92 Å². The van der Waals surface area contributed by atoms with Crippen molar-refractivity contribution in [2.24, 2.45) is 5.73 Å². The number of aliphatic hydroxyl groups excluding tert-OH is 1. The van der Waals surface area contributed by atoms with Crippen LogP contribution >= 0.6 is 12.4 Å². The number of alkyl halides is 2. The normalized spacial score (nSPS) is 12.6. The third-order valence-corrected chi connectivity index (χ3v) is 2.67. The molecule has 0 aliphatic heterocycles. The summed E-state index contributed by atoms with van der Waals surface area (Å²) in [5.74, 6) is -3.02. The molecule has 19 heavy (non-hydrogen) atoms. The fourth-order valence-electron chi connectivity index (χ4n) is 1.69. The van der Waals surface area contributed by atoms with Crippen molar-refractivity contribution in [2.45, 2.75) is 18.9 Å². The van der Waals surface area contributed by atoms with E-state index in [1.165, 1.54) is 14.2 Å². The minimum Gasteiger partial charge on any atom is -0.496 e. The zero-order valence-electron chi connectivity index (χ0n) is 10.9. The standard InChI is InChI=1S/C12H17F2NO3.ClH/c1-7-4-8(17-2)10(9(5-7)18-3)11(15)12(13,14)6-16;/h4-5,11,16H,6,15H2,1-3H3;1H/t11-;/m0./s1. The maximum absolute atomic E-state index is 13.5. The molecule has 0 aliphatic carbocycles. The molecule has 0 fully saturated rings. The number of aryl methyl sites for hydroxylation is 1. The van der Waals surface area contributed by atoms with Crippen molar-refractivity contribution < 1.29 is 23.4 Å². The van der Waals surface area contributed by atoms with E-state index in [2.05, 4.69) is 0 Å². The molecule has 110 valence electrons. The third-order valence-electron chi connectivity index (χ3n) is 2.67. The molecule has 0 unspecified atom stereocenters. The Morgan fingerprint density at radius 2 is 1.68 bits per heavy atom. The van der Waals surface area contributed by atoms with E-state index >= 15 is 0 Å². The Bertz CT molecular complexity index is 404. The SMILES string of the molecule is COc1cc(C)cc(OC)c1[C@H](N)C(F)(F)CO.Cl. The van der Waals surface area contributed by atoms with Crippen molar-refractivity contribution in [2.75, 3.05) is 20.8 Å². The second-order valence-corrected chi connectivity index (χ2v) is 3.98. The maximum atomic E-state index is 13.5. The minimum atomic E-state index is -3.45. The van der Waals surface area contributed by atoms with Gasteiger partial charge in [0.25, 0.3) is 5.92 Å². The van der Waals surface area contributed by atoms with E-state index < -0.39 is 18.6 Å². The van der Waals surface area contributed by atoms with Crippen LogP contribution in [-0.2, 0) is 0 Å². The highest BCUT2D eigenvalue weighted by atomic mass is 35.5. The number of aliphatic hydroxyl groups is 1. The van der Waals surface area contributed by atoms with E-state index in [-0.39, 0.29) is 29.5 Å². The summed E-state index contributed by atoms with van der Waals surface area (Å²) in [6, 6.07) is 1.48. The number of ether oxygens (including phenoxy) is 2. The van der Waals surface area contributed by atoms with Gasteiger partial charge in [0, 0.05) is 0 Å². The van der Waals surface area contributed by atoms with Crippen LogP contribution < -0.4 is 15.2 Å². The van der Waals surface area contributed by atoms with Crippen molar-refractivity contribution >= 4 is 12.4 Å². The largest absolute Gasteiger partial charge is 0.496 e. The monoisotopic (exact) mass is 297 g/mol. The first-order valence-corrected chi connectivity index (χ1v) is 5.34. The molecule has 1 aromatic rings. The van der Waals surface area contributed by atoms with Crippen molar-refractivity contribution in [3.63, 3.8) is 0 Å². The van der Waals surface area contributed by atoms with Gasteiger partial charge in [0.15, 0.2) is 0 Å². The van der Waals surface area contributed by atoms with Crippen molar-refractivity contribution in [1.82, 2.24) is 0 Å². The smallest absolute Gasteiger partial charge is 0.289 e. The Balaban J connectivity index is 0.00000324. The van der Waals surface area contributed by atoms with Crippen LogP contribution in [0.4, 0.5) is 8.78 Å². The second-order valence-electron chi connectivity index (χ2n) is 3.98. The average molecular weight is 298 g/mol. The average Bonchev–Trinajstić information content (AvgIpc) is 2.36. The summed E-state index contributed by atoms with van der Waals surface area (Å²) >= 11 is 0. The first kappa shape index (κ1) is 17.9. The molecule has 0 radical (unpaired) electrons. The first-order chi connectivity index (χ1) is 8.37. The van der Waals surface area contributed by atoms with E-state index in [9.17, 15) is 8.78 Å². The van der Waals surface area contributed by atoms with Gasteiger partial charge in [-0.3, -0.25) is 0 Å². The number of hydrogen-bond acceptors (Lipinski definition) is 4. The van der Waals surface area contributed by atoms with Gasteiger partial charge in [0.05, 0.1) is 19.8 Å². The molecule has 1 atom stereocenters. The highest BCUT2D eigenvalue weighted by molar-refractivity contribution is 5.85. The fourth-order valence-corrected chi connectivity index (χ4v) is 1.69. The van der Waals surface area contributed by atoms with Crippen LogP contribution in [0.25, 0.3) is 0 Å². The van der Waals surface area contributed by atoms with Gasteiger partial charge < -0.3 is 20.3 Å². The quantitative estimate of drug-likeness (QED) is 0.873. The topological polar surface area (TPSA) is 64.7 Å². The molecule has 3 N–H and O–H groups in total. The predicted molar refractivity (Wildman–Crippen MR) is 70.5 cm³/mol. The van der Waals surface area contributed by atoms with E-state index in [0.717, 1.165) is 5.56 Å². The molecule has 4 nitrogen and oxygen atoms in total. The molecule has 1 rings (SSSR count). The lowest BCUT2D eigenvalue weighted by Gasteiger charge is -2.25. The van der Waals surface area contributed by atoms with Crippen molar-refractivity contribution in [3.05, 3.63) is 23.3 Å². The van der Waals surface area contributed by atoms with E-state index in [0.29, 0.717) is 0 Å². The fraction of sp³-hybridized carbons (Fsp3) is 0.500. The van der Waals surface area contributed by atoms with Crippen molar-refractivity contribution in [3.8, 4) is 11.5 Å².